The molecule has 0 aliphatic heterocycles. The number of hydrogen-bond donors (Lipinski definition) is 1. The molecule has 8 nitrogen and oxygen atoms in total. The molecule has 3 aromatic carbocycles. The van der Waals surface area contributed by atoms with Gasteiger partial charge < -0.3 is 24.4 Å². The summed E-state index contributed by atoms with van der Waals surface area (Å²) in [4.78, 5) is 30.8. The summed E-state index contributed by atoms with van der Waals surface area (Å²) >= 11 is 6.06. The molecule has 0 unspecified atom stereocenters. The zero-order valence-corrected chi connectivity index (χ0v) is 21.0. The van der Waals surface area contributed by atoms with Gasteiger partial charge in [0.2, 0.25) is 0 Å². The first-order valence-corrected chi connectivity index (χ1v) is 11.6. The summed E-state index contributed by atoms with van der Waals surface area (Å²) in [5.41, 5.74) is 1.06. The highest BCUT2D eigenvalue weighted by molar-refractivity contribution is 6.45. The van der Waals surface area contributed by atoms with Crippen molar-refractivity contribution in [1.82, 2.24) is 4.98 Å². The number of carbonyl (C=O) groups excluding carboxylic acids is 2. The minimum atomic E-state index is -0.900. The lowest BCUT2D eigenvalue weighted by atomic mass is 10.1. The van der Waals surface area contributed by atoms with E-state index < -0.39 is 17.6 Å². The van der Waals surface area contributed by atoms with Crippen molar-refractivity contribution in [3.63, 3.8) is 0 Å². The topological polar surface area (TPSA) is 90.0 Å². The third-order valence-electron chi connectivity index (χ3n) is 5.53. The summed E-state index contributed by atoms with van der Waals surface area (Å²) in [5.74, 6) is -1.25. The molecule has 1 heterocycles. The molecule has 0 aliphatic carbocycles. The summed E-state index contributed by atoms with van der Waals surface area (Å²) in [6.45, 7) is 1.80. The van der Waals surface area contributed by atoms with Crippen molar-refractivity contribution in [1.29, 1.82) is 0 Å². The Morgan fingerprint density at radius 3 is 2.38 bits per heavy atom. The standard InChI is InChI=1S/C27H23ClFN3O5/c1-4-32(27(34)26(33)31-20-8-6-5-7-18(20)28)16-9-10-23(19(29)13-16)37-22-11-12-30-21-15-25(36-3)24(35-2)14-17(21)22/h5-15H,4H2,1-3H3,(H,31,33). The Kier molecular flexibility index (Phi) is 7.74. The maximum absolute atomic E-state index is 15.1. The Morgan fingerprint density at radius 2 is 1.70 bits per heavy atom. The molecule has 37 heavy (non-hydrogen) atoms. The van der Waals surface area contributed by atoms with Crippen LogP contribution in [0.15, 0.2) is 66.9 Å². The molecule has 0 saturated heterocycles. The molecule has 4 rings (SSSR count). The number of nitrogens with one attached hydrogen (secondary N) is 1. The molecule has 1 N–H and O–H groups in total. The molecule has 0 saturated carbocycles. The Bertz CT molecular complexity index is 1480. The number of nitrogens with zero attached hydrogens (tertiary/aromatic N) is 2. The number of benzene rings is 3. The second-order valence-corrected chi connectivity index (χ2v) is 8.14. The van der Waals surface area contributed by atoms with Crippen molar-refractivity contribution in [2.24, 2.45) is 0 Å². The predicted molar refractivity (Wildman–Crippen MR) is 139 cm³/mol. The second kappa shape index (κ2) is 11.1. The van der Waals surface area contributed by atoms with Gasteiger partial charge in [-0.1, -0.05) is 23.7 Å². The molecule has 2 amide bonds. The molecule has 0 spiro atoms. The van der Waals surface area contributed by atoms with Gasteiger partial charge in [-0.2, -0.15) is 0 Å². The average molecular weight is 524 g/mol. The zero-order chi connectivity index (χ0) is 26.5. The van der Waals surface area contributed by atoms with E-state index >= 15 is 4.39 Å². The number of pyridine rings is 1. The molecule has 0 atom stereocenters. The number of anilines is 2. The van der Waals surface area contributed by atoms with Gasteiger partial charge in [0.1, 0.15) is 5.75 Å². The number of hydrogen-bond acceptors (Lipinski definition) is 6. The predicted octanol–water partition coefficient (Wildman–Crippen LogP) is 5.83. The number of fused-ring (bicyclic) bond motifs is 1. The van der Waals surface area contributed by atoms with Gasteiger partial charge in [-0.3, -0.25) is 14.6 Å². The summed E-state index contributed by atoms with van der Waals surface area (Å²) < 4.78 is 31.6. The summed E-state index contributed by atoms with van der Waals surface area (Å²) in [5, 5.41) is 3.36. The average Bonchev–Trinajstić information content (AvgIpc) is 2.91. The van der Waals surface area contributed by atoms with Gasteiger partial charge in [-0.25, -0.2) is 4.39 Å². The molecule has 4 aromatic rings. The molecule has 190 valence electrons. The van der Waals surface area contributed by atoms with Gasteiger partial charge in [0, 0.05) is 35.9 Å². The molecular weight excluding hydrogens is 501 g/mol. The van der Waals surface area contributed by atoms with E-state index in [0.29, 0.717) is 38.9 Å². The third-order valence-corrected chi connectivity index (χ3v) is 5.86. The van der Waals surface area contributed by atoms with Crippen LogP contribution in [-0.4, -0.2) is 37.6 Å². The number of carbonyl (C=O) groups is 2. The molecule has 0 radical (unpaired) electrons. The van der Waals surface area contributed by atoms with E-state index in [2.05, 4.69) is 10.3 Å². The third kappa shape index (κ3) is 5.41. The molecule has 0 aliphatic rings. The lowest BCUT2D eigenvalue weighted by Gasteiger charge is -2.21. The van der Waals surface area contributed by atoms with Crippen LogP contribution in [-0.2, 0) is 9.59 Å². The first kappa shape index (κ1) is 25.7. The highest BCUT2D eigenvalue weighted by Crippen LogP contribution is 2.37. The Labute approximate surface area is 217 Å². The number of aromatic nitrogens is 1. The summed E-state index contributed by atoms with van der Waals surface area (Å²) in [7, 11) is 3.03. The number of para-hydroxylation sites is 1. The van der Waals surface area contributed by atoms with Crippen molar-refractivity contribution in [3.05, 3.63) is 77.7 Å². The van der Waals surface area contributed by atoms with Gasteiger partial charge in [0.05, 0.1) is 30.4 Å². The van der Waals surface area contributed by atoms with Crippen LogP contribution >= 0.6 is 11.6 Å². The molecule has 0 fully saturated rings. The van der Waals surface area contributed by atoms with Crippen molar-refractivity contribution in [2.45, 2.75) is 6.92 Å². The fraction of sp³-hybridized carbons (Fsp3) is 0.148. The molecule has 0 bridgehead atoms. The van der Waals surface area contributed by atoms with Crippen LogP contribution in [0.1, 0.15) is 6.92 Å². The van der Waals surface area contributed by atoms with Crippen LogP contribution in [0.25, 0.3) is 10.9 Å². The molecule has 1 aromatic heterocycles. The fourth-order valence-corrected chi connectivity index (χ4v) is 3.88. The number of likely N-dealkylation sites (N-methyl/N-ethyl adjacent to an activating group) is 1. The minimum absolute atomic E-state index is 0.0740. The maximum Gasteiger partial charge on any atom is 0.316 e. The van der Waals surface area contributed by atoms with E-state index in [-0.39, 0.29) is 18.0 Å². The van der Waals surface area contributed by atoms with Crippen LogP contribution in [0, 0.1) is 5.82 Å². The lowest BCUT2D eigenvalue weighted by Crippen LogP contribution is -2.39. The van der Waals surface area contributed by atoms with E-state index in [4.69, 9.17) is 25.8 Å². The van der Waals surface area contributed by atoms with Crippen LogP contribution in [0.5, 0.6) is 23.0 Å². The van der Waals surface area contributed by atoms with Crippen molar-refractivity contribution in [2.75, 3.05) is 31.0 Å². The second-order valence-electron chi connectivity index (χ2n) is 7.73. The lowest BCUT2D eigenvalue weighted by molar-refractivity contribution is -0.134. The SMILES string of the molecule is CCN(C(=O)C(=O)Nc1ccccc1Cl)c1ccc(Oc2ccnc3cc(OC)c(OC)cc23)c(F)c1. The number of methoxy groups -OCH3 is 2. The molecule has 10 heteroatoms. The van der Waals surface area contributed by atoms with Gasteiger partial charge in [-0.15, -0.1) is 0 Å². The Hall–Kier alpha value is -4.37. The smallest absolute Gasteiger partial charge is 0.316 e. The van der Waals surface area contributed by atoms with Crippen LogP contribution in [0.4, 0.5) is 15.8 Å². The number of ether oxygens (including phenoxy) is 3. The van der Waals surface area contributed by atoms with Crippen molar-refractivity contribution < 1.29 is 28.2 Å². The van der Waals surface area contributed by atoms with Gasteiger partial charge in [-0.05, 0) is 43.3 Å². The Balaban J connectivity index is 1.58. The van der Waals surface area contributed by atoms with Gasteiger partial charge >= 0.3 is 11.8 Å². The summed E-state index contributed by atoms with van der Waals surface area (Å²) in [6.07, 6.45) is 1.53. The van der Waals surface area contributed by atoms with E-state index in [1.54, 1.807) is 49.4 Å². The number of amides is 2. The van der Waals surface area contributed by atoms with Crippen LogP contribution in [0.3, 0.4) is 0 Å². The first-order chi connectivity index (χ1) is 17.9. The number of halogens is 2. The fourth-order valence-electron chi connectivity index (χ4n) is 3.70. The normalized spacial score (nSPS) is 10.6. The summed E-state index contributed by atoms with van der Waals surface area (Å²) in [6, 6.07) is 15.5. The van der Waals surface area contributed by atoms with Crippen LogP contribution < -0.4 is 24.4 Å². The number of rotatable bonds is 7. The largest absolute Gasteiger partial charge is 0.493 e. The van der Waals surface area contributed by atoms with Crippen LogP contribution in [0.2, 0.25) is 5.02 Å². The minimum Gasteiger partial charge on any atom is -0.493 e. The monoisotopic (exact) mass is 523 g/mol. The Morgan fingerprint density at radius 1 is 0.973 bits per heavy atom. The van der Waals surface area contributed by atoms with Gasteiger partial charge in [0.25, 0.3) is 0 Å². The van der Waals surface area contributed by atoms with Gasteiger partial charge in [0.15, 0.2) is 23.1 Å². The highest BCUT2D eigenvalue weighted by Gasteiger charge is 2.24. The van der Waals surface area contributed by atoms with Crippen molar-refractivity contribution >= 4 is 45.7 Å². The van der Waals surface area contributed by atoms with E-state index in [1.165, 1.54) is 32.5 Å². The van der Waals surface area contributed by atoms with E-state index in [9.17, 15) is 9.59 Å². The van der Waals surface area contributed by atoms with Crippen molar-refractivity contribution in [3.8, 4) is 23.0 Å². The molecular formula is C27H23ClFN3O5. The quantitative estimate of drug-likeness (QED) is 0.307. The highest BCUT2D eigenvalue weighted by atomic mass is 35.5. The first-order valence-electron chi connectivity index (χ1n) is 11.2. The van der Waals surface area contributed by atoms with E-state index in [1.807, 2.05) is 0 Å². The zero-order valence-electron chi connectivity index (χ0n) is 20.2. The van der Waals surface area contributed by atoms with E-state index in [0.717, 1.165) is 11.0 Å². The maximum atomic E-state index is 15.1.